The number of nitrogens with zero attached hydrogens (tertiary/aromatic N) is 4. The molecule has 1 fully saturated rings. The summed E-state index contributed by atoms with van der Waals surface area (Å²) in [5, 5.41) is 0. The van der Waals surface area contributed by atoms with Gasteiger partial charge in [-0.1, -0.05) is 56.3 Å². The van der Waals surface area contributed by atoms with Gasteiger partial charge in [0.2, 0.25) is 5.91 Å². The molecule has 0 aliphatic carbocycles. The van der Waals surface area contributed by atoms with E-state index in [1.807, 2.05) is 69.6 Å². The Balaban J connectivity index is 1.32. The Morgan fingerprint density at radius 1 is 1.15 bits per heavy atom. The van der Waals surface area contributed by atoms with Crippen LogP contribution in [0.3, 0.4) is 0 Å². The number of likely N-dealkylation sites (tertiary alicyclic amines) is 1. The molecule has 9 heteroatoms. The molecule has 1 aromatic heterocycles. The van der Waals surface area contributed by atoms with Crippen LogP contribution >= 0.6 is 34.2 Å². The van der Waals surface area contributed by atoms with Crippen molar-refractivity contribution in [1.29, 1.82) is 0 Å². The molecular formula is C30H33IN4O3S. The molecule has 3 amide bonds. The Morgan fingerprint density at radius 2 is 1.87 bits per heavy atom. The second kappa shape index (κ2) is 11.0. The maximum absolute atomic E-state index is 14.1. The molecule has 0 bridgehead atoms. The molecule has 1 saturated heterocycles. The molecule has 39 heavy (non-hydrogen) atoms. The summed E-state index contributed by atoms with van der Waals surface area (Å²) in [6.45, 7) is 9.17. The summed E-state index contributed by atoms with van der Waals surface area (Å²) < 4.78 is 1.69. The lowest BCUT2D eigenvalue weighted by Gasteiger charge is -2.40. The van der Waals surface area contributed by atoms with Crippen LogP contribution < -0.4 is 0 Å². The third-order valence-electron chi connectivity index (χ3n) is 7.94. The first kappa shape index (κ1) is 27.8. The average Bonchev–Trinajstić information content (AvgIpc) is 3.62. The van der Waals surface area contributed by atoms with Crippen molar-refractivity contribution in [1.82, 2.24) is 17.9 Å². The van der Waals surface area contributed by atoms with Crippen LogP contribution in [0.4, 0.5) is 0 Å². The zero-order valence-electron chi connectivity index (χ0n) is 22.7. The number of hydrogen-bond acceptors (Lipinski definition) is 5. The zero-order valence-corrected chi connectivity index (χ0v) is 25.7. The van der Waals surface area contributed by atoms with Gasteiger partial charge in [0.1, 0.15) is 11.6 Å². The highest BCUT2D eigenvalue weighted by molar-refractivity contribution is 14.1. The van der Waals surface area contributed by atoms with Gasteiger partial charge in [-0.25, -0.2) is 4.98 Å². The molecule has 0 spiro atoms. The number of benzene rings is 2. The highest BCUT2D eigenvalue weighted by atomic mass is 127. The number of aryl methyl sites for hydroxylation is 1. The van der Waals surface area contributed by atoms with Gasteiger partial charge in [-0.2, -0.15) is 0 Å². The Bertz CT molecular complexity index is 1410. The highest BCUT2D eigenvalue weighted by Crippen LogP contribution is 2.36. The summed E-state index contributed by atoms with van der Waals surface area (Å²) in [6.07, 6.45) is 1.35. The Kier molecular flexibility index (Phi) is 7.83. The molecule has 0 saturated carbocycles. The fraction of sp³-hybridized carbons (Fsp3) is 0.400. The molecule has 2 unspecified atom stereocenters. The summed E-state index contributed by atoms with van der Waals surface area (Å²) in [5.74, 6) is -0.437. The smallest absolute Gasteiger partial charge is 0.257 e. The number of thiazole rings is 1. The van der Waals surface area contributed by atoms with Crippen molar-refractivity contribution in [2.24, 2.45) is 5.92 Å². The predicted molar refractivity (Wildman–Crippen MR) is 161 cm³/mol. The van der Waals surface area contributed by atoms with Crippen LogP contribution in [0, 0.1) is 12.8 Å². The highest BCUT2D eigenvalue weighted by Gasteiger charge is 2.51. The van der Waals surface area contributed by atoms with Crippen molar-refractivity contribution in [2.45, 2.75) is 65.2 Å². The number of carbonyl (C=O) groups is 3. The minimum absolute atomic E-state index is 0.0881. The summed E-state index contributed by atoms with van der Waals surface area (Å²) in [4.78, 5) is 50.2. The third kappa shape index (κ3) is 5.11. The van der Waals surface area contributed by atoms with Crippen molar-refractivity contribution in [2.75, 3.05) is 6.54 Å². The second-order valence-electron chi connectivity index (χ2n) is 10.9. The van der Waals surface area contributed by atoms with Crippen molar-refractivity contribution < 1.29 is 14.4 Å². The Hall–Kier alpha value is -2.79. The first-order valence-corrected chi connectivity index (χ1v) is 15.1. The van der Waals surface area contributed by atoms with Gasteiger partial charge in [-0.05, 0) is 55.4 Å². The molecule has 2 aromatic carbocycles. The Morgan fingerprint density at radius 3 is 2.51 bits per heavy atom. The van der Waals surface area contributed by atoms with E-state index in [4.69, 9.17) is 0 Å². The first-order valence-electron chi connectivity index (χ1n) is 13.3. The van der Waals surface area contributed by atoms with E-state index in [9.17, 15) is 14.4 Å². The molecule has 2 atom stereocenters. The third-order valence-corrected chi connectivity index (χ3v) is 9.70. The molecule has 3 heterocycles. The van der Waals surface area contributed by atoms with Crippen LogP contribution in [-0.4, -0.2) is 53.7 Å². The van der Waals surface area contributed by atoms with Crippen molar-refractivity contribution in [3.05, 3.63) is 76.4 Å². The van der Waals surface area contributed by atoms with Gasteiger partial charge in [0.25, 0.3) is 11.8 Å². The van der Waals surface area contributed by atoms with Crippen molar-refractivity contribution in [3.8, 4) is 10.4 Å². The SMILES string of the molecule is Cc1ncsc1-c1ccc(CN(I)C(=O)C2(C)CCCN2C(=O)C(C(C)C)N2Cc3ccccc3C2=O)cc1. The number of amides is 3. The van der Waals surface area contributed by atoms with Crippen LogP contribution in [0.1, 0.15) is 60.8 Å². The number of rotatable bonds is 7. The van der Waals surface area contributed by atoms with E-state index < -0.39 is 11.6 Å². The van der Waals surface area contributed by atoms with E-state index in [2.05, 4.69) is 40.0 Å². The molecule has 7 nitrogen and oxygen atoms in total. The number of aromatic nitrogens is 1. The number of carbonyl (C=O) groups excluding carboxylic acids is 3. The molecule has 3 aromatic rings. The quantitative estimate of drug-likeness (QED) is 0.236. The lowest BCUT2D eigenvalue weighted by Crippen LogP contribution is -2.60. The summed E-state index contributed by atoms with van der Waals surface area (Å²) >= 11 is 3.69. The van der Waals surface area contributed by atoms with E-state index in [0.717, 1.165) is 33.7 Å². The standard InChI is InChI=1S/C30H33IN4O3S/c1-19(2)25(33-17-23-8-5-6-9-24(23)27(33)36)28(37)34-15-7-14-30(34,4)29(38)35(31)16-21-10-12-22(13-11-21)26-20(3)32-18-39-26/h5-6,8-13,18-19,25H,7,14-17H2,1-4H3. The maximum Gasteiger partial charge on any atom is 0.257 e. The molecule has 0 radical (unpaired) electrons. The van der Waals surface area contributed by atoms with E-state index >= 15 is 0 Å². The molecule has 0 N–H and O–H groups in total. The van der Waals surface area contributed by atoms with Crippen LogP contribution in [0.5, 0.6) is 0 Å². The van der Waals surface area contributed by atoms with Gasteiger partial charge in [-0.3, -0.25) is 17.5 Å². The zero-order chi connectivity index (χ0) is 27.9. The monoisotopic (exact) mass is 656 g/mol. The number of fused-ring (bicyclic) bond motifs is 1. The summed E-state index contributed by atoms with van der Waals surface area (Å²) in [5.41, 5.74) is 5.63. The van der Waals surface area contributed by atoms with Gasteiger partial charge in [0, 0.05) is 18.7 Å². The van der Waals surface area contributed by atoms with E-state index in [-0.39, 0.29) is 23.6 Å². The molecule has 2 aliphatic heterocycles. The normalized spacial score (nSPS) is 19.5. The van der Waals surface area contributed by atoms with Gasteiger partial charge in [-0.15, -0.1) is 11.3 Å². The molecule has 2 aliphatic rings. The fourth-order valence-electron chi connectivity index (χ4n) is 5.81. The van der Waals surface area contributed by atoms with Crippen LogP contribution in [0.25, 0.3) is 10.4 Å². The maximum atomic E-state index is 14.1. The lowest BCUT2D eigenvalue weighted by atomic mass is 9.94. The predicted octanol–water partition coefficient (Wildman–Crippen LogP) is 5.86. The first-order chi connectivity index (χ1) is 18.6. The molecule has 5 rings (SSSR count). The minimum Gasteiger partial charge on any atom is -0.326 e. The second-order valence-corrected chi connectivity index (χ2v) is 13.0. The van der Waals surface area contributed by atoms with Crippen molar-refractivity contribution >= 4 is 51.9 Å². The van der Waals surface area contributed by atoms with Gasteiger partial charge in [0.15, 0.2) is 0 Å². The minimum atomic E-state index is -0.958. The fourth-order valence-corrected chi connectivity index (χ4v) is 7.54. The molecule has 204 valence electrons. The van der Waals surface area contributed by atoms with Crippen LogP contribution in [-0.2, 0) is 22.7 Å². The number of hydrogen-bond donors (Lipinski definition) is 0. The van der Waals surface area contributed by atoms with Gasteiger partial charge in [0.05, 0.1) is 45.5 Å². The van der Waals surface area contributed by atoms with Gasteiger partial charge >= 0.3 is 0 Å². The lowest BCUT2D eigenvalue weighted by molar-refractivity contribution is -0.150. The van der Waals surface area contributed by atoms with E-state index in [0.29, 0.717) is 31.6 Å². The number of halogens is 1. The van der Waals surface area contributed by atoms with E-state index in [1.165, 1.54) is 0 Å². The van der Waals surface area contributed by atoms with Gasteiger partial charge < -0.3 is 9.80 Å². The molecular weight excluding hydrogens is 623 g/mol. The average molecular weight is 657 g/mol. The summed E-state index contributed by atoms with van der Waals surface area (Å²) in [7, 11) is 0. The Labute approximate surface area is 247 Å². The van der Waals surface area contributed by atoms with E-state index in [1.54, 1.807) is 24.2 Å². The largest absolute Gasteiger partial charge is 0.326 e. The summed E-state index contributed by atoms with van der Waals surface area (Å²) in [6, 6.07) is 15.1. The topological polar surface area (TPSA) is 73.8 Å². The van der Waals surface area contributed by atoms with Crippen LogP contribution in [0.2, 0.25) is 0 Å². The van der Waals surface area contributed by atoms with Crippen LogP contribution in [0.15, 0.2) is 54.0 Å². The van der Waals surface area contributed by atoms with Crippen molar-refractivity contribution in [3.63, 3.8) is 0 Å².